The van der Waals surface area contributed by atoms with Crippen LogP contribution in [0.1, 0.15) is 35.8 Å². The molecule has 0 fully saturated rings. The average Bonchev–Trinajstić information content (AvgIpc) is 3.09. The minimum atomic E-state index is -3.48. The molecule has 1 aliphatic carbocycles. The maximum absolute atomic E-state index is 11.4. The largest absolute Gasteiger partial charge is 0.508 e. The highest BCUT2D eigenvalue weighted by molar-refractivity contribution is 7.92. The van der Waals surface area contributed by atoms with Crippen molar-refractivity contribution in [1.29, 1.82) is 0 Å². The molecule has 32 heavy (non-hydrogen) atoms. The first-order valence-electron chi connectivity index (χ1n) is 10.8. The van der Waals surface area contributed by atoms with E-state index >= 15 is 0 Å². The summed E-state index contributed by atoms with van der Waals surface area (Å²) in [6, 6.07) is 10.3. The fourth-order valence-electron chi connectivity index (χ4n) is 4.18. The first kappa shape index (κ1) is 22.4. The molecule has 1 aliphatic rings. The van der Waals surface area contributed by atoms with E-state index < -0.39 is 16.1 Å². The van der Waals surface area contributed by atoms with Gasteiger partial charge in [0, 0.05) is 41.8 Å². The van der Waals surface area contributed by atoms with Gasteiger partial charge in [0.15, 0.2) is 0 Å². The summed E-state index contributed by atoms with van der Waals surface area (Å²) in [5.41, 5.74) is 4.51. The second-order valence-electron chi connectivity index (χ2n) is 8.25. The fraction of sp³-hybridized carbons (Fsp3) is 0.391. The molecule has 0 radical (unpaired) electrons. The molecule has 0 amide bonds. The van der Waals surface area contributed by atoms with Gasteiger partial charge in [0.1, 0.15) is 18.1 Å². The molecule has 0 aliphatic heterocycles. The van der Waals surface area contributed by atoms with Gasteiger partial charge in [-0.15, -0.1) is 0 Å². The number of nitrogens with one attached hydrogen (secondary N) is 3. The Morgan fingerprint density at radius 2 is 1.97 bits per heavy atom. The SMILES string of the molecule is CS(=O)(=O)Nc1cc(O)cc(C(O)CNCCOc2ccc3c4c([nH]c3c2)CCCC4)c1. The van der Waals surface area contributed by atoms with Gasteiger partial charge in [-0.25, -0.2) is 8.42 Å². The Morgan fingerprint density at radius 3 is 2.78 bits per heavy atom. The molecule has 0 saturated carbocycles. The van der Waals surface area contributed by atoms with Crippen molar-refractivity contribution in [3.8, 4) is 11.5 Å². The summed E-state index contributed by atoms with van der Waals surface area (Å²) >= 11 is 0. The van der Waals surface area contributed by atoms with Crippen molar-refractivity contribution in [1.82, 2.24) is 10.3 Å². The Labute approximate surface area is 187 Å². The van der Waals surface area contributed by atoms with Crippen LogP contribution in [0.15, 0.2) is 36.4 Å². The lowest BCUT2D eigenvalue weighted by Crippen LogP contribution is -2.26. The van der Waals surface area contributed by atoms with Crippen molar-refractivity contribution >= 4 is 26.6 Å². The number of aryl methyl sites for hydroxylation is 2. The van der Waals surface area contributed by atoms with Gasteiger partial charge in [-0.2, -0.15) is 0 Å². The summed E-state index contributed by atoms with van der Waals surface area (Å²) in [5.74, 6) is 0.667. The third kappa shape index (κ3) is 5.53. The van der Waals surface area contributed by atoms with Crippen molar-refractivity contribution in [2.45, 2.75) is 31.8 Å². The van der Waals surface area contributed by atoms with Gasteiger partial charge in [0.25, 0.3) is 0 Å². The van der Waals surface area contributed by atoms with Gasteiger partial charge >= 0.3 is 0 Å². The summed E-state index contributed by atoms with van der Waals surface area (Å²) in [5, 5.41) is 24.6. The molecule has 3 aromatic rings. The van der Waals surface area contributed by atoms with Gasteiger partial charge in [-0.1, -0.05) is 0 Å². The van der Waals surface area contributed by atoms with Crippen molar-refractivity contribution < 1.29 is 23.4 Å². The monoisotopic (exact) mass is 459 g/mol. The molecule has 1 heterocycles. The molecule has 2 aromatic carbocycles. The summed E-state index contributed by atoms with van der Waals surface area (Å²) in [4.78, 5) is 3.52. The molecule has 0 bridgehead atoms. The van der Waals surface area contributed by atoms with E-state index in [9.17, 15) is 18.6 Å². The number of phenolic OH excluding ortho intramolecular Hbond substituents is 1. The van der Waals surface area contributed by atoms with Crippen LogP contribution in [0.5, 0.6) is 11.5 Å². The standard InChI is InChI=1S/C23H29N3O5S/c1-32(29,30)26-16-10-15(11-17(27)12-16)23(28)14-24-8-9-31-18-6-7-20-19-4-2-3-5-21(19)25-22(20)13-18/h6-7,10-13,23-28H,2-5,8-9,14H2,1H3. The molecule has 1 aromatic heterocycles. The summed E-state index contributed by atoms with van der Waals surface area (Å²) in [7, 11) is -3.48. The Morgan fingerprint density at radius 1 is 1.16 bits per heavy atom. The van der Waals surface area contributed by atoms with Gasteiger partial charge < -0.3 is 25.3 Å². The number of aliphatic hydroxyl groups is 1. The maximum atomic E-state index is 11.4. The first-order chi connectivity index (χ1) is 15.3. The number of aromatic nitrogens is 1. The van der Waals surface area contributed by atoms with E-state index in [1.807, 2.05) is 12.1 Å². The van der Waals surface area contributed by atoms with E-state index in [-0.39, 0.29) is 18.0 Å². The molecule has 9 heteroatoms. The number of aromatic amines is 1. The zero-order valence-electron chi connectivity index (χ0n) is 18.0. The van der Waals surface area contributed by atoms with Crippen molar-refractivity contribution in [2.75, 3.05) is 30.7 Å². The molecule has 1 unspecified atom stereocenters. The van der Waals surface area contributed by atoms with Gasteiger partial charge in [-0.3, -0.25) is 4.72 Å². The van der Waals surface area contributed by atoms with Crippen LogP contribution in [0.2, 0.25) is 0 Å². The summed E-state index contributed by atoms with van der Waals surface area (Å²) < 4.78 is 30.9. The molecule has 5 N–H and O–H groups in total. The van der Waals surface area contributed by atoms with Gasteiger partial charge in [0.2, 0.25) is 10.0 Å². The summed E-state index contributed by atoms with van der Waals surface area (Å²) in [6.45, 7) is 1.18. The Bertz CT molecular complexity index is 1210. The van der Waals surface area contributed by atoms with Crippen LogP contribution >= 0.6 is 0 Å². The second-order valence-corrected chi connectivity index (χ2v) is 10.0. The molecule has 172 valence electrons. The van der Waals surface area contributed by atoms with Crippen molar-refractivity contribution in [3.63, 3.8) is 0 Å². The van der Waals surface area contributed by atoms with Crippen LogP contribution in [0, 0.1) is 0 Å². The van der Waals surface area contributed by atoms with E-state index in [1.54, 1.807) is 0 Å². The van der Waals surface area contributed by atoms with E-state index in [0.29, 0.717) is 18.7 Å². The zero-order chi connectivity index (χ0) is 22.7. The number of aliphatic hydroxyl groups excluding tert-OH is 1. The predicted octanol–water partition coefficient (Wildman–Crippen LogP) is 2.83. The van der Waals surface area contributed by atoms with Crippen LogP contribution in [0.3, 0.4) is 0 Å². The Hall–Kier alpha value is -2.75. The number of H-pyrrole nitrogens is 1. The normalized spacial score (nSPS) is 14.8. The highest BCUT2D eigenvalue weighted by atomic mass is 32.2. The topological polar surface area (TPSA) is 124 Å². The minimum Gasteiger partial charge on any atom is -0.508 e. The number of benzene rings is 2. The highest BCUT2D eigenvalue weighted by Crippen LogP contribution is 2.31. The number of anilines is 1. The lowest BCUT2D eigenvalue weighted by molar-refractivity contribution is 0.171. The van der Waals surface area contributed by atoms with E-state index in [1.165, 1.54) is 47.7 Å². The van der Waals surface area contributed by atoms with Gasteiger partial charge in [-0.05, 0) is 61.1 Å². The number of hydrogen-bond donors (Lipinski definition) is 5. The van der Waals surface area contributed by atoms with E-state index in [0.717, 1.165) is 30.4 Å². The van der Waals surface area contributed by atoms with Crippen LogP contribution in [0.4, 0.5) is 5.69 Å². The van der Waals surface area contributed by atoms with Crippen LogP contribution in [0.25, 0.3) is 10.9 Å². The molecule has 1 atom stereocenters. The number of sulfonamides is 1. The number of rotatable bonds is 9. The predicted molar refractivity (Wildman–Crippen MR) is 125 cm³/mol. The Balaban J connectivity index is 1.27. The zero-order valence-corrected chi connectivity index (χ0v) is 18.8. The third-order valence-corrected chi connectivity index (χ3v) is 6.19. The third-order valence-electron chi connectivity index (χ3n) is 5.58. The number of fused-ring (bicyclic) bond motifs is 3. The average molecular weight is 460 g/mol. The van der Waals surface area contributed by atoms with Crippen LogP contribution in [-0.2, 0) is 22.9 Å². The quantitative estimate of drug-likeness (QED) is 0.314. The van der Waals surface area contributed by atoms with Crippen LogP contribution in [-0.4, -0.2) is 49.6 Å². The highest BCUT2D eigenvalue weighted by Gasteiger charge is 2.15. The van der Waals surface area contributed by atoms with Crippen molar-refractivity contribution in [2.24, 2.45) is 0 Å². The van der Waals surface area contributed by atoms with Crippen molar-refractivity contribution in [3.05, 3.63) is 53.2 Å². The molecule has 0 spiro atoms. The van der Waals surface area contributed by atoms with Crippen LogP contribution < -0.4 is 14.8 Å². The molecule has 8 nitrogen and oxygen atoms in total. The summed E-state index contributed by atoms with van der Waals surface area (Å²) in [6.07, 6.45) is 4.83. The number of aromatic hydroxyl groups is 1. The Kier molecular flexibility index (Phi) is 6.59. The minimum absolute atomic E-state index is 0.127. The fourth-order valence-corrected chi connectivity index (χ4v) is 4.73. The number of ether oxygens (including phenoxy) is 1. The number of hydrogen-bond acceptors (Lipinski definition) is 6. The molecule has 4 rings (SSSR count). The molecular formula is C23H29N3O5S. The lowest BCUT2D eigenvalue weighted by atomic mass is 9.96. The lowest BCUT2D eigenvalue weighted by Gasteiger charge is -2.15. The van der Waals surface area contributed by atoms with E-state index in [2.05, 4.69) is 21.1 Å². The molecular weight excluding hydrogens is 430 g/mol. The smallest absolute Gasteiger partial charge is 0.229 e. The van der Waals surface area contributed by atoms with E-state index in [4.69, 9.17) is 4.74 Å². The second kappa shape index (κ2) is 9.40. The van der Waals surface area contributed by atoms with Gasteiger partial charge in [0.05, 0.1) is 18.0 Å². The number of phenols is 1. The molecule has 0 saturated heterocycles. The first-order valence-corrected chi connectivity index (χ1v) is 12.6. The maximum Gasteiger partial charge on any atom is 0.229 e.